The van der Waals surface area contributed by atoms with Crippen molar-refractivity contribution in [3.63, 3.8) is 0 Å². The molecule has 24 heavy (non-hydrogen) atoms. The summed E-state index contributed by atoms with van der Waals surface area (Å²) in [6.45, 7) is 1.63. The minimum Gasteiger partial charge on any atom is -0.481 e. The number of hydrogen-bond donors (Lipinski definition) is 2. The fourth-order valence-corrected chi connectivity index (χ4v) is 3.00. The second-order valence-corrected chi connectivity index (χ2v) is 6.26. The maximum absolute atomic E-state index is 12.2. The molecule has 1 heterocycles. The highest BCUT2D eigenvalue weighted by Crippen LogP contribution is 2.17. The number of anilines is 1. The summed E-state index contributed by atoms with van der Waals surface area (Å²) < 4.78 is 36.2. The van der Waals surface area contributed by atoms with Gasteiger partial charge < -0.3 is 9.47 Å². The van der Waals surface area contributed by atoms with E-state index in [1.165, 1.54) is 26.4 Å². The lowest BCUT2D eigenvalue weighted by atomic mass is 10.2. The van der Waals surface area contributed by atoms with Crippen molar-refractivity contribution < 1.29 is 22.7 Å². The van der Waals surface area contributed by atoms with E-state index in [9.17, 15) is 13.2 Å². The van der Waals surface area contributed by atoms with Gasteiger partial charge in [0.1, 0.15) is 5.82 Å². The number of nitrogens with zero attached hydrogens (tertiary/aromatic N) is 2. The number of carbonyl (C=O) groups excluding carboxylic acids is 1. The molecule has 2 aromatic rings. The molecule has 1 aromatic heterocycles. The van der Waals surface area contributed by atoms with Gasteiger partial charge in [-0.3, -0.25) is 5.32 Å². The Kier molecular flexibility index (Phi) is 5.19. The summed E-state index contributed by atoms with van der Waals surface area (Å²) in [7, 11) is -1.28. The van der Waals surface area contributed by atoms with Gasteiger partial charge in [0.2, 0.25) is 5.88 Å². The maximum atomic E-state index is 12.2. The molecule has 2 N–H and O–H groups in total. The number of rotatable bonds is 5. The molecule has 128 valence electrons. The van der Waals surface area contributed by atoms with Crippen molar-refractivity contribution in [1.29, 1.82) is 0 Å². The third kappa shape index (κ3) is 4.10. The predicted molar refractivity (Wildman–Crippen MR) is 85.7 cm³/mol. The second-order valence-electron chi connectivity index (χ2n) is 4.61. The Morgan fingerprint density at radius 2 is 1.83 bits per heavy atom. The number of carbonyl (C=O) groups is 1. The van der Waals surface area contributed by atoms with Crippen LogP contribution < -0.4 is 19.5 Å². The van der Waals surface area contributed by atoms with E-state index in [1.807, 2.05) is 4.72 Å². The Morgan fingerprint density at radius 3 is 2.46 bits per heavy atom. The highest BCUT2D eigenvalue weighted by atomic mass is 32.2. The minimum atomic E-state index is -4.01. The molecular weight excluding hydrogens is 336 g/mol. The minimum absolute atomic E-state index is 0.0120. The van der Waals surface area contributed by atoms with Gasteiger partial charge in [0.05, 0.1) is 19.1 Å². The lowest BCUT2D eigenvalue weighted by Gasteiger charge is -2.11. The van der Waals surface area contributed by atoms with Crippen molar-refractivity contribution in [3.05, 3.63) is 35.9 Å². The number of aryl methyl sites for hydroxylation is 1. The molecule has 9 nitrogen and oxygen atoms in total. The molecule has 1 aromatic carbocycles. The van der Waals surface area contributed by atoms with E-state index in [4.69, 9.17) is 9.47 Å². The average molecular weight is 352 g/mol. The molecule has 2 rings (SSSR count). The highest BCUT2D eigenvalue weighted by molar-refractivity contribution is 7.90. The number of nitrogens with one attached hydrogen (secondary N) is 2. The second kappa shape index (κ2) is 7.13. The number of methoxy groups -OCH3 is 2. The first-order chi connectivity index (χ1) is 11.4. The number of hydrogen-bond acceptors (Lipinski definition) is 7. The number of ether oxygens (including phenoxy) is 2. The smallest absolute Gasteiger partial charge is 0.334 e. The molecule has 2 amide bonds. The monoisotopic (exact) mass is 352 g/mol. The summed E-state index contributed by atoms with van der Waals surface area (Å²) in [5, 5.41) is 2.30. The first kappa shape index (κ1) is 17.5. The molecule has 0 radical (unpaired) electrons. The Balaban J connectivity index is 2.18. The van der Waals surface area contributed by atoms with E-state index in [0.717, 1.165) is 0 Å². The SMILES string of the molecule is COc1cc(NC(=O)NS(=O)(=O)c2ccccc2C)nc(OC)n1. The topological polar surface area (TPSA) is 120 Å². The van der Waals surface area contributed by atoms with Gasteiger partial charge in [0.15, 0.2) is 0 Å². The molecule has 0 aliphatic heterocycles. The van der Waals surface area contributed by atoms with Crippen LogP contribution in [0.5, 0.6) is 11.9 Å². The Bertz CT molecular complexity index is 832. The zero-order valence-electron chi connectivity index (χ0n) is 13.2. The molecule has 0 atom stereocenters. The third-order valence-corrected chi connectivity index (χ3v) is 4.42. The molecular formula is C14H16N4O5S. The van der Waals surface area contributed by atoms with Gasteiger partial charge in [-0.05, 0) is 18.6 Å². The van der Waals surface area contributed by atoms with Crippen molar-refractivity contribution >= 4 is 21.9 Å². The molecule has 10 heteroatoms. The number of amides is 2. The summed E-state index contributed by atoms with van der Waals surface area (Å²) in [6, 6.07) is 6.62. The number of urea groups is 1. The molecule has 0 spiro atoms. The van der Waals surface area contributed by atoms with Crippen LogP contribution in [0.25, 0.3) is 0 Å². The molecule has 0 saturated carbocycles. The van der Waals surface area contributed by atoms with Crippen LogP contribution in [0.2, 0.25) is 0 Å². The Hall–Kier alpha value is -2.88. The maximum Gasteiger partial charge on any atom is 0.334 e. The van der Waals surface area contributed by atoms with Crippen molar-refractivity contribution in [1.82, 2.24) is 14.7 Å². The zero-order chi connectivity index (χ0) is 17.7. The predicted octanol–water partition coefficient (Wildman–Crippen LogP) is 1.31. The summed E-state index contributed by atoms with van der Waals surface area (Å²) in [6.07, 6.45) is 0. The van der Waals surface area contributed by atoms with Gasteiger partial charge in [-0.15, -0.1) is 0 Å². The highest BCUT2D eigenvalue weighted by Gasteiger charge is 2.20. The molecule has 0 aliphatic carbocycles. The average Bonchev–Trinajstić information content (AvgIpc) is 2.53. The third-order valence-electron chi connectivity index (χ3n) is 2.93. The van der Waals surface area contributed by atoms with Crippen LogP contribution in [0.15, 0.2) is 35.2 Å². The lowest BCUT2D eigenvalue weighted by molar-refractivity contribution is 0.256. The van der Waals surface area contributed by atoms with Crippen molar-refractivity contribution in [2.24, 2.45) is 0 Å². The number of benzene rings is 1. The fourth-order valence-electron chi connectivity index (χ4n) is 1.84. The Morgan fingerprint density at radius 1 is 1.12 bits per heavy atom. The normalized spacial score (nSPS) is 10.8. The summed E-state index contributed by atoms with van der Waals surface area (Å²) in [5.74, 6) is 0.176. The van der Waals surface area contributed by atoms with Gasteiger partial charge in [-0.1, -0.05) is 18.2 Å². The van der Waals surface area contributed by atoms with Crippen molar-refractivity contribution in [2.75, 3.05) is 19.5 Å². The van der Waals surface area contributed by atoms with Crippen LogP contribution in [-0.2, 0) is 10.0 Å². The van der Waals surface area contributed by atoms with Gasteiger partial charge in [0, 0.05) is 6.07 Å². The lowest BCUT2D eigenvalue weighted by Crippen LogP contribution is -2.35. The van der Waals surface area contributed by atoms with Crippen LogP contribution in [0, 0.1) is 6.92 Å². The van der Waals surface area contributed by atoms with Gasteiger partial charge in [-0.25, -0.2) is 17.9 Å². The van der Waals surface area contributed by atoms with Crippen LogP contribution in [0.3, 0.4) is 0 Å². The Labute approximate surface area is 139 Å². The molecule has 0 bridgehead atoms. The fraction of sp³-hybridized carbons (Fsp3) is 0.214. The first-order valence-corrected chi connectivity index (χ1v) is 8.20. The van der Waals surface area contributed by atoms with E-state index >= 15 is 0 Å². The van der Waals surface area contributed by atoms with Gasteiger partial charge in [0.25, 0.3) is 10.0 Å². The number of sulfonamides is 1. The number of aromatic nitrogens is 2. The molecule has 0 fully saturated rings. The van der Waals surface area contributed by atoms with E-state index in [-0.39, 0.29) is 22.6 Å². The van der Waals surface area contributed by atoms with Gasteiger partial charge in [-0.2, -0.15) is 9.97 Å². The van der Waals surface area contributed by atoms with E-state index in [2.05, 4.69) is 15.3 Å². The summed E-state index contributed by atoms with van der Waals surface area (Å²) >= 11 is 0. The van der Waals surface area contributed by atoms with E-state index < -0.39 is 16.1 Å². The molecule has 0 unspecified atom stereocenters. The quantitative estimate of drug-likeness (QED) is 0.832. The van der Waals surface area contributed by atoms with Crippen LogP contribution in [0.1, 0.15) is 5.56 Å². The van der Waals surface area contributed by atoms with E-state index in [0.29, 0.717) is 5.56 Å². The van der Waals surface area contributed by atoms with Crippen LogP contribution >= 0.6 is 0 Å². The largest absolute Gasteiger partial charge is 0.481 e. The summed E-state index contributed by atoms with van der Waals surface area (Å²) in [5.41, 5.74) is 0.517. The first-order valence-electron chi connectivity index (χ1n) is 6.72. The van der Waals surface area contributed by atoms with E-state index in [1.54, 1.807) is 25.1 Å². The summed E-state index contributed by atoms with van der Waals surface area (Å²) in [4.78, 5) is 19.7. The van der Waals surface area contributed by atoms with Crippen molar-refractivity contribution in [3.8, 4) is 11.9 Å². The molecule has 0 saturated heterocycles. The van der Waals surface area contributed by atoms with Crippen LogP contribution in [-0.4, -0.2) is 38.6 Å². The zero-order valence-corrected chi connectivity index (χ0v) is 14.0. The van der Waals surface area contributed by atoms with Gasteiger partial charge >= 0.3 is 12.0 Å². The van der Waals surface area contributed by atoms with Crippen molar-refractivity contribution in [2.45, 2.75) is 11.8 Å². The standard InChI is InChI=1S/C14H16N4O5S/c1-9-6-4-5-7-10(9)24(20,21)18-13(19)15-11-8-12(22-2)17-14(16-11)23-3/h4-8H,1-3H3,(H2,15,16,17,18,19). The molecule has 0 aliphatic rings. The van der Waals surface area contributed by atoms with Crippen LogP contribution in [0.4, 0.5) is 10.6 Å².